The van der Waals surface area contributed by atoms with E-state index < -0.39 is 0 Å². The largest absolute Gasteiger partial charge is 0.497 e. The summed E-state index contributed by atoms with van der Waals surface area (Å²) in [4.78, 5) is 26.0. The van der Waals surface area contributed by atoms with Gasteiger partial charge in [-0.25, -0.2) is 0 Å². The van der Waals surface area contributed by atoms with Crippen molar-refractivity contribution in [2.45, 2.75) is 33.2 Å². The number of rotatable bonds is 7. The van der Waals surface area contributed by atoms with Gasteiger partial charge in [0.15, 0.2) is 0 Å². The van der Waals surface area contributed by atoms with Gasteiger partial charge in [0.1, 0.15) is 5.75 Å². The quantitative estimate of drug-likeness (QED) is 0.838. The average molecular weight is 318 g/mol. The highest BCUT2D eigenvalue weighted by molar-refractivity contribution is 5.89. The summed E-state index contributed by atoms with van der Waals surface area (Å²) >= 11 is 0. The first kappa shape index (κ1) is 17.3. The van der Waals surface area contributed by atoms with Gasteiger partial charge in [-0.05, 0) is 30.0 Å². The molecule has 2 rings (SSSR count). The van der Waals surface area contributed by atoms with E-state index in [2.05, 4.69) is 19.2 Å². The Hall–Kier alpha value is -2.04. The van der Waals surface area contributed by atoms with Gasteiger partial charge in [0.25, 0.3) is 0 Å². The Morgan fingerprint density at radius 3 is 2.65 bits per heavy atom. The third-order valence-corrected chi connectivity index (χ3v) is 4.14. The monoisotopic (exact) mass is 318 g/mol. The number of likely N-dealkylation sites (tertiary alicyclic amines) is 1. The first-order valence-electron chi connectivity index (χ1n) is 8.18. The smallest absolute Gasteiger partial charge is 0.225 e. The van der Waals surface area contributed by atoms with E-state index in [9.17, 15) is 9.59 Å². The summed E-state index contributed by atoms with van der Waals surface area (Å²) in [5.74, 6) is 1.17. The zero-order chi connectivity index (χ0) is 16.8. The molecule has 0 radical (unpaired) electrons. The molecule has 0 spiro atoms. The topological polar surface area (TPSA) is 58.6 Å². The van der Waals surface area contributed by atoms with Gasteiger partial charge in [-0.15, -0.1) is 0 Å². The normalized spacial score (nSPS) is 17.7. The van der Waals surface area contributed by atoms with E-state index in [1.165, 1.54) is 0 Å². The molecule has 1 saturated heterocycles. The van der Waals surface area contributed by atoms with Gasteiger partial charge in [0.2, 0.25) is 11.8 Å². The van der Waals surface area contributed by atoms with Crippen LogP contribution in [0.2, 0.25) is 0 Å². The SMILES string of the molecule is COc1ccc(CN2C[C@@H](C(=O)NCCC(C)C)CC2=O)cc1. The minimum Gasteiger partial charge on any atom is -0.497 e. The summed E-state index contributed by atoms with van der Waals surface area (Å²) in [6.45, 7) is 5.97. The predicted octanol–water partition coefficient (Wildman–Crippen LogP) is 2.21. The van der Waals surface area contributed by atoms with E-state index in [1.807, 2.05) is 24.3 Å². The summed E-state index contributed by atoms with van der Waals surface area (Å²) in [6, 6.07) is 7.66. The second-order valence-electron chi connectivity index (χ2n) is 6.50. The molecule has 5 heteroatoms. The van der Waals surface area contributed by atoms with Crippen LogP contribution >= 0.6 is 0 Å². The lowest BCUT2D eigenvalue weighted by Gasteiger charge is -2.17. The van der Waals surface area contributed by atoms with Crippen molar-refractivity contribution in [3.8, 4) is 5.75 Å². The zero-order valence-electron chi connectivity index (χ0n) is 14.2. The summed E-state index contributed by atoms with van der Waals surface area (Å²) in [5, 5.41) is 2.94. The number of amides is 2. The highest BCUT2D eigenvalue weighted by Gasteiger charge is 2.33. The highest BCUT2D eigenvalue weighted by atomic mass is 16.5. The molecule has 126 valence electrons. The zero-order valence-corrected chi connectivity index (χ0v) is 14.2. The van der Waals surface area contributed by atoms with Gasteiger partial charge in [-0.2, -0.15) is 0 Å². The number of ether oxygens (including phenoxy) is 1. The second-order valence-corrected chi connectivity index (χ2v) is 6.50. The first-order chi connectivity index (χ1) is 11.0. The number of hydrogen-bond acceptors (Lipinski definition) is 3. The third-order valence-electron chi connectivity index (χ3n) is 4.14. The minimum absolute atomic E-state index is 0.00349. The van der Waals surface area contributed by atoms with E-state index in [0.29, 0.717) is 32.0 Å². The molecule has 0 aromatic heterocycles. The van der Waals surface area contributed by atoms with Crippen LogP contribution < -0.4 is 10.1 Å². The number of carbonyl (C=O) groups is 2. The molecule has 1 N–H and O–H groups in total. The molecular formula is C18H26N2O3. The van der Waals surface area contributed by atoms with Crippen LogP contribution in [0.4, 0.5) is 0 Å². The molecule has 1 aliphatic heterocycles. The molecule has 1 fully saturated rings. The summed E-state index contributed by atoms with van der Waals surface area (Å²) in [6.07, 6.45) is 1.27. The lowest BCUT2D eigenvalue weighted by atomic mass is 10.1. The lowest BCUT2D eigenvalue weighted by Crippen LogP contribution is -2.33. The Bertz CT molecular complexity index is 540. The molecule has 23 heavy (non-hydrogen) atoms. The van der Waals surface area contributed by atoms with Crippen LogP contribution in [0.1, 0.15) is 32.3 Å². The number of nitrogens with one attached hydrogen (secondary N) is 1. The Balaban J connectivity index is 1.85. The summed E-state index contributed by atoms with van der Waals surface area (Å²) < 4.78 is 5.13. The van der Waals surface area contributed by atoms with Gasteiger partial charge in [-0.1, -0.05) is 26.0 Å². The van der Waals surface area contributed by atoms with Crippen LogP contribution in [0.15, 0.2) is 24.3 Å². The molecule has 1 aliphatic rings. The van der Waals surface area contributed by atoms with Gasteiger partial charge in [0, 0.05) is 26.1 Å². The fourth-order valence-corrected chi connectivity index (χ4v) is 2.68. The van der Waals surface area contributed by atoms with Crippen molar-refractivity contribution in [1.29, 1.82) is 0 Å². The van der Waals surface area contributed by atoms with Crippen LogP contribution in [-0.4, -0.2) is 36.9 Å². The van der Waals surface area contributed by atoms with Crippen molar-refractivity contribution >= 4 is 11.8 Å². The Kier molecular flexibility index (Phi) is 6.02. The van der Waals surface area contributed by atoms with Crippen LogP contribution in [0, 0.1) is 11.8 Å². The minimum atomic E-state index is -0.229. The molecule has 0 aliphatic carbocycles. The van der Waals surface area contributed by atoms with Gasteiger partial charge < -0.3 is 15.0 Å². The predicted molar refractivity (Wildman–Crippen MR) is 89.0 cm³/mol. The van der Waals surface area contributed by atoms with Crippen LogP contribution in [0.5, 0.6) is 5.75 Å². The molecule has 1 atom stereocenters. The number of nitrogens with zero attached hydrogens (tertiary/aromatic N) is 1. The van der Waals surface area contributed by atoms with Gasteiger partial charge >= 0.3 is 0 Å². The second kappa shape index (κ2) is 7.99. The lowest BCUT2D eigenvalue weighted by molar-refractivity contribution is -0.129. The van der Waals surface area contributed by atoms with Crippen molar-refractivity contribution in [2.75, 3.05) is 20.2 Å². The number of hydrogen-bond donors (Lipinski definition) is 1. The molecule has 5 nitrogen and oxygen atoms in total. The van der Waals surface area contributed by atoms with E-state index in [-0.39, 0.29) is 17.7 Å². The number of carbonyl (C=O) groups excluding carboxylic acids is 2. The van der Waals surface area contributed by atoms with E-state index in [1.54, 1.807) is 12.0 Å². The van der Waals surface area contributed by atoms with Crippen molar-refractivity contribution in [3.63, 3.8) is 0 Å². The van der Waals surface area contributed by atoms with Gasteiger partial charge in [0.05, 0.1) is 13.0 Å². The molecular weight excluding hydrogens is 292 g/mol. The molecule has 1 aromatic rings. The number of methoxy groups -OCH3 is 1. The highest BCUT2D eigenvalue weighted by Crippen LogP contribution is 2.21. The third kappa shape index (κ3) is 4.98. The first-order valence-corrected chi connectivity index (χ1v) is 8.18. The van der Waals surface area contributed by atoms with Crippen molar-refractivity contribution in [2.24, 2.45) is 11.8 Å². The number of benzene rings is 1. The van der Waals surface area contributed by atoms with Gasteiger partial charge in [-0.3, -0.25) is 9.59 Å². The molecule has 0 bridgehead atoms. The summed E-state index contributed by atoms with van der Waals surface area (Å²) in [5.41, 5.74) is 1.04. The maximum absolute atomic E-state index is 12.1. The van der Waals surface area contributed by atoms with Crippen LogP contribution in [0.3, 0.4) is 0 Å². The van der Waals surface area contributed by atoms with E-state index in [4.69, 9.17) is 4.74 Å². The van der Waals surface area contributed by atoms with Crippen LogP contribution in [-0.2, 0) is 16.1 Å². The summed E-state index contributed by atoms with van der Waals surface area (Å²) in [7, 11) is 1.63. The fraction of sp³-hybridized carbons (Fsp3) is 0.556. The van der Waals surface area contributed by atoms with Crippen molar-refractivity contribution in [1.82, 2.24) is 10.2 Å². The molecule has 0 unspecified atom stereocenters. The maximum Gasteiger partial charge on any atom is 0.225 e. The molecule has 2 amide bonds. The Labute approximate surface area is 138 Å². The fourth-order valence-electron chi connectivity index (χ4n) is 2.68. The Morgan fingerprint density at radius 2 is 2.04 bits per heavy atom. The Morgan fingerprint density at radius 1 is 1.35 bits per heavy atom. The van der Waals surface area contributed by atoms with Crippen molar-refractivity contribution in [3.05, 3.63) is 29.8 Å². The molecule has 1 aromatic carbocycles. The standard InChI is InChI=1S/C18H26N2O3/c1-13(2)8-9-19-18(22)15-10-17(21)20(12-15)11-14-4-6-16(23-3)7-5-14/h4-7,13,15H,8-12H2,1-3H3,(H,19,22)/t15-/m0/s1. The van der Waals surface area contributed by atoms with E-state index in [0.717, 1.165) is 17.7 Å². The maximum atomic E-state index is 12.1. The van der Waals surface area contributed by atoms with E-state index >= 15 is 0 Å². The van der Waals surface area contributed by atoms with Crippen LogP contribution in [0.25, 0.3) is 0 Å². The van der Waals surface area contributed by atoms with Crippen molar-refractivity contribution < 1.29 is 14.3 Å². The molecule has 1 heterocycles. The average Bonchev–Trinajstić information content (AvgIpc) is 2.89. The molecule has 0 saturated carbocycles.